The normalized spacial score (nSPS) is 22.8. The highest BCUT2D eigenvalue weighted by atomic mass is 32.2. The van der Waals surface area contributed by atoms with Gasteiger partial charge in [0, 0.05) is 32.2 Å². The zero-order chi connectivity index (χ0) is 14.0. The summed E-state index contributed by atoms with van der Waals surface area (Å²) in [6, 6.07) is 1.83. The highest BCUT2D eigenvalue weighted by Crippen LogP contribution is 2.19. The van der Waals surface area contributed by atoms with Gasteiger partial charge in [0.1, 0.15) is 0 Å². The number of sulfonamides is 1. The molecule has 1 saturated heterocycles. The van der Waals surface area contributed by atoms with Crippen molar-refractivity contribution >= 4 is 10.0 Å². The number of hydrogen-bond donors (Lipinski definition) is 0. The maximum Gasteiger partial charge on any atom is 0.260 e. The zero-order valence-corrected chi connectivity index (χ0v) is 12.6. The molecule has 1 fully saturated rings. The first kappa shape index (κ1) is 14.5. The number of aromatic nitrogens is 2. The second kappa shape index (κ2) is 5.60. The fourth-order valence-corrected chi connectivity index (χ4v) is 3.92. The van der Waals surface area contributed by atoms with Crippen molar-refractivity contribution in [2.24, 2.45) is 0 Å². The summed E-state index contributed by atoms with van der Waals surface area (Å²) < 4.78 is 28.4. The molecule has 1 aliphatic rings. The van der Waals surface area contributed by atoms with Crippen molar-refractivity contribution in [2.75, 3.05) is 26.7 Å². The Morgan fingerprint density at radius 2 is 2.16 bits per heavy atom. The third-order valence-electron chi connectivity index (χ3n) is 3.64. The summed E-state index contributed by atoms with van der Waals surface area (Å²) in [5.74, 6) is 0. The first-order valence-corrected chi connectivity index (χ1v) is 8.13. The summed E-state index contributed by atoms with van der Waals surface area (Å²) in [5, 5.41) is 4.41. The Morgan fingerprint density at radius 3 is 2.79 bits per heavy atom. The van der Waals surface area contributed by atoms with Gasteiger partial charge < -0.3 is 4.90 Å². The van der Waals surface area contributed by atoms with Crippen molar-refractivity contribution in [3.8, 4) is 0 Å². The van der Waals surface area contributed by atoms with E-state index in [9.17, 15) is 8.42 Å². The second-order valence-electron chi connectivity index (χ2n) is 5.09. The first-order valence-electron chi connectivity index (χ1n) is 6.69. The number of likely N-dealkylation sites (N-methyl/N-ethyl adjacent to an activating group) is 1. The third kappa shape index (κ3) is 2.82. The van der Waals surface area contributed by atoms with Gasteiger partial charge in [-0.3, -0.25) is 4.68 Å². The molecule has 1 aliphatic heterocycles. The monoisotopic (exact) mass is 286 g/mol. The van der Waals surface area contributed by atoms with Crippen LogP contribution in [0.2, 0.25) is 0 Å². The van der Waals surface area contributed by atoms with Crippen LogP contribution in [0.5, 0.6) is 0 Å². The van der Waals surface area contributed by atoms with Crippen LogP contribution < -0.4 is 0 Å². The van der Waals surface area contributed by atoms with Crippen molar-refractivity contribution in [1.82, 2.24) is 19.0 Å². The SMILES string of the molecule is CCCn1nccc1S(=O)(=O)N1CCN(C)[C@@H](C)C1. The predicted molar refractivity (Wildman–Crippen MR) is 73.4 cm³/mol. The molecule has 7 heteroatoms. The summed E-state index contributed by atoms with van der Waals surface area (Å²) in [5.41, 5.74) is 0. The summed E-state index contributed by atoms with van der Waals surface area (Å²) in [6.07, 6.45) is 2.42. The Hall–Kier alpha value is -0.920. The van der Waals surface area contributed by atoms with Crippen molar-refractivity contribution in [1.29, 1.82) is 0 Å². The van der Waals surface area contributed by atoms with Crippen LogP contribution in [0.25, 0.3) is 0 Å². The quantitative estimate of drug-likeness (QED) is 0.814. The first-order chi connectivity index (χ1) is 8.96. The Bertz CT molecular complexity index is 526. The number of aryl methyl sites for hydroxylation is 1. The molecule has 108 valence electrons. The van der Waals surface area contributed by atoms with Gasteiger partial charge in [-0.1, -0.05) is 6.92 Å². The van der Waals surface area contributed by atoms with Gasteiger partial charge in [-0.05, 0) is 26.5 Å². The molecular formula is C12H22N4O2S. The standard InChI is InChI=1S/C12H22N4O2S/c1-4-7-16-12(5-6-13-16)19(17,18)15-9-8-14(3)11(2)10-15/h5-6,11H,4,7-10H2,1-3H3/t11-/m0/s1. The van der Waals surface area contributed by atoms with Gasteiger partial charge in [-0.15, -0.1) is 0 Å². The molecule has 0 amide bonds. The fourth-order valence-electron chi connectivity index (χ4n) is 2.28. The van der Waals surface area contributed by atoms with Crippen LogP contribution in [0.15, 0.2) is 17.3 Å². The van der Waals surface area contributed by atoms with Gasteiger partial charge in [-0.25, -0.2) is 8.42 Å². The number of hydrogen-bond acceptors (Lipinski definition) is 4. The topological polar surface area (TPSA) is 58.4 Å². The molecule has 0 spiro atoms. The Morgan fingerprint density at radius 1 is 1.42 bits per heavy atom. The highest BCUT2D eigenvalue weighted by Gasteiger charge is 2.32. The second-order valence-corrected chi connectivity index (χ2v) is 6.97. The van der Waals surface area contributed by atoms with Gasteiger partial charge >= 0.3 is 0 Å². The van der Waals surface area contributed by atoms with E-state index in [1.807, 2.05) is 20.9 Å². The van der Waals surface area contributed by atoms with Crippen LogP contribution in [-0.2, 0) is 16.6 Å². The Balaban J connectivity index is 2.25. The maximum absolute atomic E-state index is 12.6. The van der Waals surface area contributed by atoms with Gasteiger partial charge in [0.25, 0.3) is 10.0 Å². The van der Waals surface area contributed by atoms with Gasteiger partial charge in [0.05, 0.1) is 6.20 Å². The summed E-state index contributed by atoms with van der Waals surface area (Å²) >= 11 is 0. The molecule has 0 radical (unpaired) electrons. The minimum atomic E-state index is -3.42. The van der Waals surface area contributed by atoms with E-state index >= 15 is 0 Å². The predicted octanol–water partition coefficient (Wildman–Crippen LogP) is 0.618. The molecular weight excluding hydrogens is 264 g/mol. The lowest BCUT2D eigenvalue weighted by molar-refractivity contribution is 0.159. The average molecular weight is 286 g/mol. The van der Waals surface area contributed by atoms with Crippen LogP contribution >= 0.6 is 0 Å². The molecule has 1 atom stereocenters. The van der Waals surface area contributed by atoms with Crippen LogP contribution in [0, 0.1) is 0 Å². The van der Waals surface area contributed by atoms with Gasteiger partial charge in [0.2, 0.25) is 0 Å². The van der Waals surface area contributed by atoms with Gasteiger partial charge in [-0.2, -0.15) is 9.40 Å². The van der Waals surface area contributed by atoms with Crippen LogP contribution in [-0.4, -0.2) is 60.1 Å². The Kier molecular flexibility index (Phi) is 4.27. The minimum absolute atomic E-state index is 0.242. The van der Waals surface area contributed by atoms with Crippen molar-refractivity contribution < 1.29 is 8.42 Å². The average Bonchev–Trinajstić information content (AvgIpc) is 2.82. The number of rotatable bonds is 4. The Labute approximate surface area is 115 Å². The number of piperazine rings is 1. The molecule has 2 rings (SSSR count). The molecule has 0 unspecified atom stereocenters. The van der Waals surface area contributed by atoms with Crippen LogP contribution in [0.4, 0.5) is 0 Å². The van der Waals surface area contributed by atoms with E-state index in [2.05, 4.69) is 10.00 Å². The largest absolute Gasteiger partial charge is 0.301 e. The molecule has 2 heterocycles. The lowest BCUT2D eigenvalue weighted by Gasteiger charge is -2.36. The molecule has 0 N–H and O–H groups in total. The molecule has 1 aromatic rings. The number of nitrogens with zero attached hydrogens (tertiary/aromatic N) is 4. The van der Waals surface area contributed by atoms with Crippen molar-refractivity contribution in [2.45, 2.75) is 37.9 Å². The van der Waals surface area contributed by atoms with Gasteiger partial charge in [0.15, 0.2) is 5.03 Å². The zero-order valence-electron chi connectivity index (χ0n) is 11.8. The van der Waals surface area contributed by atoms with E-state index < -0.39 is 10.0 Å². The fraction of sp³-hybridized carbons (Fsp3) is 0.750. The van der Waals surface area contributed by atoms with Crippen molar-refractivity contribution in [3.63, 3.8) is 0 Å². The molecule has 1 aromatic heterocycles. The van der Waals surface area contributed by atoms with E-state index in [4.69, 9.17) is 0 Å². The van der Waals surface area contributed by atoms with E-state index in [-0.39, 0.29) is 6.04 Å². The smallest absolute Gasteiger partial charge is 0.260 e. The third-order valence-corrected chi connectivity index (χ3v) is 5.53. The minimum Gasteiger partial charge on any atom is -0.301 e. The summed E-state index contributed by atoms with van der Waals surface area (Å²) in [4.78, 5) is 2.18. The molecule has 19 heavy (non-hydrogen) atoms. The van der Waals surface area contributed by atoms with E-state index in [0.717, 1.165) is 13.0 Å². The highest BCUT2D eigenvalue weighted by molar-refractivity contribution is 7.89. The molecule has 0 bridgehead atoms. The molecule has 6 nitrogen and oxygen atoms in total. The summed E-state index contributed by atoms with van der Waals surface area (Å²) in [6.45, 7) is 6.53. The van der Waals surface area contributed by atoms with E-state index in [0.29, 0.717) is 24.7 Å². The molecule has 0 aromatic carbocycles. The van der Waals surface area contributed by atoms with E-state index in [1.165, 1.54) is 0 Å². The molecule has 0 saturated carbocycles. The lowest BCUT2D eigenvalue weighted by atomic mass is 10.2. The van der Waals surface area contributed by atoms with Crippen LogP contribution in [0.1, 0.15) is 20.3 Å². The maximum atomic E-state index is 12.6. The van der Waals surface area contributed by atoms with Crippen LogP contribution in [0.3, 0.4) is 0 Å². The van der Waals surface area contributed by atoms with Crippen molar-refractivity contribution in [3.05, 3.63) is 12.3 Å². The van der Waals surface area contributed by atoms with E-state index in [1.54, 1.807) is 21.3 Å². The summed E-state index contributed by atoms with van der Waals surface area (Å²) in [7, 11) is -1.40. The molecule has 0 aliphatic carbocycles. The lowest BCUT2D eigenvalue weighted by Crippen LogP contribution is -2.52.